The maximum atomic E-state index is 2.55. The first-order valence-electron chi connectivity index (χ1n) is 24.4. The Morgan fingerprint density at radius 2 is 0.686 bits per heavy atom. The molecule has 0 fully saturated rings. The van der Waals surface area contributed by atoms with E-state index in [1.807, 2.05) is 0 Å². The van der Waals surface area contributed by atoms with Gasteiger partial charge in [0.2, 0.25) is 0 Å². The van der Waals surface area contributed by atoms with Crippen LogP contribution >= 0.6 is 0 Å². The lowest BCUT2D eigenvalue weighted by molar-refractivity contribution is 0.752. The van der Waals surface area contributed by atoms with Crippen molar-refractivity contribution >= 4 is 34.1 Å². The lowest BCUT2D eigenvalue weighted by Crippen LogP contribution is -2.36. The fourth-order valence-corrected chi connectivity index (χ4v) is 13.3. The highest BCUT2D eigenvalue weighted by Gasteiger charge is 2.54. The quantitative estimate of drug-likeness (QED) is 0.170. The van der Waals surface area contributed by atoms with Crippen LogP contribution in [0.15, 0.2) is 267 Å². The Morgan fingerprint density at radius 1 is 0.271 bits per heavy atom. The van der Waals surface area contributed by atoms with Crippen LogP contribution in [0.2, 0.25) is 0 Å². The zero-order valence-electron chi connectivity index (χ0n) is 38.3. The molecule has 1 heterocycles. The molecule has 0 saturated heterocycles. The Hall–Kier alpha value is -8.98. The summed E-state index contributed by atoms with van der Waals surface area (Å²) in [6, 6.07) is 99.8. The van der Waals surface area contributed by atoms with Gasteiger partial charge in [0.15, 0.2) is 0 Å². The van der Waals surface area contributed by atoms with Crippen molar-refractivity contribution in [1.82, 2.24) is 0 Å². The Labute approximate surface area is 408 Å². The number of para-hydroxylation sites is 3. The molecule has 0 saturated carbocycles. The lowest BCUT2D eigenvalue weighted by Gasteiger charge is -2.45. The standard InChI is InChI=1S/C68H44N2/c1-3-20-45(21-4-1)46-38-40-48(41-39-46)69(65-37-19-34-61-66(65)54-27-10-14-31-58(54)67(61)55-28-11-7-24-50(55)51-25-8-12-29-56(51)67)49-42-43-53-52-26-9-13-30-57(52)68(62(53)44-49)59-32-15-17-35-63(59)70(47-22-5-2-6-23-47)64-36-18-16-33-60(64)68/h1-44H. The number of hydrogen-bond acceptors (Lipinski definition) is 2. The van der Waals surface area contributed by atoms with Crippen LogP contribution in [0.1, 0.15) is 44.5 Å². The highest BCUT2D eigenvalue weighted by molar-refractivity contribution is 6.02. The first-order chi connectivity index (χ1) is 34.8. The van der Waals surface area contributed by atoms with Gasteiger partial charge < -0.3 is 9.80 Å². The van der Waals surface area contributed by atoms with Gasteiger partial charge in [-0.25, -0.2) is 0 Å². The molecule has 15 rings (SSSR count). The number of fused-ring (bicyclic) bond motifs is 19. The molecule has 0 bridgehead atoms. The fraction of sp³-hybridized carbons (Fsp3) is 0.0294. The van der Waals surface area contributed by atoms with Gasteiger partial charge in [-0.05, 0) is 138 Å². The van der Waals surface area contributed by atoms with Crippen LogP contribution in [0.5, 0.6) is 0 Å². The van der Waals surface area contributed by atoms with Crippen LogP contribution in [0.25, 0.3) is 44.5 Å². The molecule has 0 amide bonds. The molecule has 1 aliphatic heterocycles. The molecule has 2 spiro atoms. The smallest absolute Gasteiger partial charge is 0.0755 e. The van der Waals surface area contributed by atoms with Crippen LogP contribution in [0.3, 0.4) is 0 Å². The molecule has 0 atom stereocenters. The van der Waals surface area contributed by atoms with Gasteiger partial charge in [0, 0.05) is 22.6 Å². The Balaban J connectivity index is 1.02. The van der Waals surface area contributed by atoms with Gasteiger partial charge in [0.25, 0.3) is 0 Å². The molecular formula is C68H44N2. The third-order valence-electron chi connectivity index (χ3n) is 15.9. The van der Waals surface area contributed by atoms with Crippen molar-refractivity contribution in [2.45, 2.75) is 10.8 Å². The summed E-state index contributed by atoms with van der Waals surface area (Å²) in [6.45, 7) is 0. The Kier molecular flexibility index (Phi) is 8.24. The first kappa shape index (κ1) is 39.1. The highest BCUT2D eigenvalue weighted by Crippen LogP contribution is 2.66. The average Bonchev–Trinajstić information content (AvgIpc) is 4.03. The second kappa shape index (κ2) is 14.8. The minimum absolute atomic E-state index is 0.470. The van der Waals surface area contributed by atoms with Gasteiger partial charge in [-0.3, -0.25) is 0 Å². The van der Waals surface area contributed by atoms with Crippen molar-refractivity contribution in [3.8, 4) is 44.5 Å². The summed E-state index contributed by atoms with van der Waals surface area (Å²) in [7, 11) is 0. The van der Waals surface area contributed by atoms with Crippen molar-refractivity contribution in [1.29, 1.82) is 0 Å². The Morgan fingerprint density at radius 3 is 1.27 bits per heavy atom. The molecule has 70 heavy (non-hydrogen) atoms. The van der Waals surface area contributed by atoms with Crippen molar-refractivity contribution in [2.75, 3.05) is 9.80 Å². The molecule has 0 unspecified atom stereocenters. The predicted octanol–water partition coefficient (Wildman–Crippen LogP) is 17.3. The average molecular weight is 889 g/mol. The fourth-order valence-electron chi connectivity index (χ4n) is 13.3. The van der Waals surface area contributed by atoms with Crippen LogP contribution in [0.4, 0.5) is 34.1 Å². The van der Waals surface area contributed by atoms with E-state index in [9.17, 15) is 0 Å². The number of rotatable bonds is 5. The minimum atomic E-state index is -0.601. The van der Waals surface area contributed by atoms with E-state index in [-0.39, 0.29) is 0 Å². The molecule has 0 radical (unpaired) electrons. The molecule has 2 nitrogen and oxygen atoms in total. The predicted molar refractivity (Wildman–Crippen MR) is 288 cm³/mol. The Bertz CT molecular complexity index is 3810. The first-order valence-corrected chi connectivity index (χ1v) is 24.4. The normalized spacial score (nSPS) is 14.2. The number of benzene rings is 11. The number of anilines is 6. The molecule has 11 aromatic rings. The van der Waals surface area contributed by atoms with Gasteiger partial charge in [0.1, 0.15) is 0 Å². The summed E-state index contributed by atoms with van der Waals surface area (Å²) in [4.78, 5) is 5.00. The van der Waals surface area contributed by atoms with Crippen LogP contribution in [-0.2, 0) is 10.8 Å². The molecule has 0 aromatic heterocycles. The topological polar surface area (TPSA) is 6.48 Å². The van der Waals surface area contributed by atoms with Gasteiger partial charge in [-0.15, -0.1) is 0 Å². The number of nitrogens with zero attached hydrogens (tertiary/aromatic N) is 2. The second-order valence-electron chi connectivity index (χ2n) is 19.1. The molecule has 3 aliphatic carbocycles. The second-order valence-corrected chi connectivity index (χ2v) is 19.1. The van der Waals surface area contributed by atoms with Gasteiger partial charge in [-0.2, -0.15) is 0 Å². The van der Waals surface area contributed by atoms with Crippen molar-refractivity contribution < 1.29 is 0 Å². The summed E-state index contributed by atoms with van der Waals surface area (Å²) in [5.74, 6) is 0. The maximum absolute atomic E-state index is 2.55. The zero-order chi connectivity index (χ0) is 46.0. The van der Waals surface area contributed by atoms with Crippen LogP contribution in [-0.4, -0.2) is 0 Å². The van der Waals surface area contributed by atoms with Gasteiger partial charge in [0.05, 0.1) is 27.9 Å². The van der Waals surface area contributed by atoms with E-state index in [2.05, 4.69) is 277 Å². The lowest BCUT2D eigenvalue weighted by atomic mass is 9.64. The molecule has 0 N–H and O–H groups in total. The molecule has 11 aromatic carbocycles. The third-order valence-corrected chi connectivity index (χ3v) is 15.9. The van der Waals surface area contributed by atoms with E-state index in [1.54, 1.807) is 0 Å². The van der Waals surface area contributed by atoms with Gasteiger partial charge in [-0.1, -0.05) is 212 Å². The summed E-state index contributed by atoms with van der Waals surface area (Å²) in [5.41, 5.74) is 26.4. The maximum Gasteiger partial charge on any atom is 0.0755 e. The van der Waals surface area contributed by atoms with E-state index in [1.165, 1.54) is 100 Å². The molecule has 4 aliphatic rings. The van der Waals surface area contributed by atoms with E-state index in [4.69, 9.17) is 0 Å². The van der Waals surface area contributed by atoms with E-state index in [0.717, 1.165) is 22.7 Å². The van der Waals surface area contributed by atoms with E-state index >= 15 is 0 Å². The highest BCUT2D eigenvalue weighted by atomic mass is 15.2. The van der Waals surface area contributed by atoms with Crippen molar-refractivity contribution in [2.24, 2.45) is 0 Å². The summed E-state index contributed by atoms with van der Waals surface area (Å²) in [5, 5.41) is 0. The summed E-state index contributed by atoms with van der Waals surface area (Å²) >= 11 is 0. The SMILES string of the molecule is c1ccc(-c2ccc(N(c3ccc4c(c3)C3(c5ccccc5-4)c4ccccc4N(c4ccccc4)c4ccccc43)c3cccc4c3-c3ccccc3C43c4ccccc4-c4ccccc43)cc2)cc1. The largest absolute Gasteiger partial charge is 0.310 e. The number of hydrogen-bond donors (Lipinski definition) is 0. The van der Waals surface area contributed by atoms with Crippen molar-refractivity contribution in [3.63, 3.8) is 0 Å². The monoisotopic (exact) mass is 888 g/mol. The molecular weight excluding hydrogens is 845 g/mol. The summed E-state index contributed by atoms with van der Waals surface area (Å²) in [6.07, 6.45) is 0. The van der Waals surface area contributed by atoms with Crippen LogP contribution in [0, 0.1) is 0 Å². The van der Waals surface area contributed by atoms with Crippen molar-refractivity contribution in [3.05, 3.63) is 311 Å². The molecule has 2 heteroatoms. The van der Waals surface area contributed by atoms with E-state index < -0.39 is 10.8 Å². The van der Waals surface area contributed by atoms with Crippen LogP contribution < -0.4 is 9.80 Å². The third kappa shape index (κ3) is 5.07. The summed E-state index contributed by atoms with van der Waals surface area (Å²) < 4.78 is 0. The minimum Gasteiger partial charge on any atom is -0.310 e. The van der Waals surface area contributed by atoms with E-state index in [0.29, 0.717) is 0 Å². The van der Waals surface area contributed by atoms with Gasteiger partial charge >= 0.3 is 0 Å². The molecule has 326 valence electrons. The zero-order valence-corrected chi connectivity index (χ0v) is 38.3.